The lowest BCUT2D eigenvalue weighted by Crippen LogP contribution is -1.96. The van der Waals surface area contributed by atoms with Crippen molar-refractivity contribution >= 4 is 28.8 Å². The summed E-state index contributed by atoms with van der Waals surface area (Å²) in [4.78, 5) is 4.16. The van der Waals surface area contributed by atoms with Gasteiger partial charge in [0, 0.05) is 17.4 Å². The highest BCUT2D eigenvalue weighted by Gasteiger charge is 2.00. The molecule has 2 rings (SSSR count). The Hall–Kier alpha value is -1.74. The summed E-state index contributed by atoms with van der Waals surface area (Å²) in [5.74, 6) is 0.656. The van der Waals surface area contributed by atoms with Gasteiger partial charge in [0.05, 0.1) is 0 Å². The maximum absolute atomic E-state index is 5.84. The van der Waals surface area contributed by atoms with E-state index in [0.717, 1.165) is 12.1 Å². The number of anilines is 3. The molecule has 0 saturated carbocycles. The molecule has 17 heavy (non-hydrogen) atoms. The molecule has 1 heterocycles. The molecular weight excluding hydrogens is 234 g/mol. The number of halogens is 1. The quantitative estimate of drug-likeness (QED) is 0.815. The molecule has 88 valence electrons. The predicted octanol–water partition coefficient (Wildman–Crippen LogP) is 3.62. The van der Waals surface area contributed by atoms with Gasteiger partial charge in [0.25, 0.3) is 0 Å². The van der Waals surface area contributed by atoms with Crippen molar-refractivity contribution in [2.75, 3.05) is 11.1 Å². The van der Waals surface area contributed by atoms with E-state index in [1.807, 2.05) is 12.1 Å². The number of benzene rings is 1. The van der Waals surface area contributed by atoms with Crippen LogP contribution in [0.2, 0.25) is 5.15 Å². The zero-order valence-corrected chi connectivity index (χ0v) is 10.3. The summed E-state index contributed by atoms with van der Waals surface area (Å²) in [7, 11) is 0. The molecule has 1 aromatic heterocycles. The molecular formula is C13H14ClN3. The Labute approximate surface area is 106 Å². The summed E-state index contributed by atoms with van der Waals surface area (Å²) in [5, 5.41) is 3.57. The zero-order chi connectivity index (χ0) is 12.3. The number of aryl methyl sites for hydroxylation is 1. The number of hydrogen-bond acceptors (Lipinski definition) is 3. The Morgan fingerprint density at radius 2 is 2.12 bits per heavy atom. The molecule has 0 aliphatic rings. The maximum Gasteiger partial charge on any atom is 0.134 e. The van der Waals surface area contributed by atoms with Crippen molar-refractivity contribution in [1.82, 2.24) is 4.98 Å². The lowest BCUT2D eigenvalue weighted by atomic mass is 10.1. The lowest BCUT2D eigenvalue weighted by Gasteiger charge is -2.08. The van der Waals surface area contributed by atoms with Crippen LogP contribution < -0.4 is 11.1 Å². The van der Waals surface area contributed by atoms with Crippen molar-refractivity contribution in [3.8, 4) is 0 Å². The third-order valence-electron chi connectivity index (χ3n) is 2.42. The van der Waals surface area contributed by atoms with Gasteiger partial charge < -0.3 is 11.1 Å². The van der Waals surface area contributed by atoms with E-state index in [1.54, 1.807) is 12.1 Å². The Morgan fingerprint density at radius 3 is 2.82 bits per heavy atom. The smallest absolute Gasteiger partial charge is 0.134 e. The standard InChI is InChI=1S/C13H14ClN3/c1-2-9-4-3-5-11(6-9)16-13-8-10(15)7-12(14)17-13/h3-8H,2H2,1H3,(H3,15,16,17). The molecule has 0 bridgehead atoms. The van der Waals surface area contributed by atoms with Gasteiger partial charge in [0.2, 0.25) is 0 Å². The van der Waals surface area contributed by atoms with Crippen LogP contribution in [-0.4, -0.2) is 4.98 Å². The number of nitrogens with zero attached hydrogens (tertiary/aromatic N) is 1. The van der Waals surface area contributed by atoms with E-state index in [9.17, 15) is 0 Å². The van der Waals surface area contributed by atoms with Crippen LogP contribution in [-0.2, 0) is 6.42 Å². The van der Waals surface area contributed by atoms with Gasteiger partial charge in [-0.3, -0.25) is 0 Å². The highest BCUT2D eigenvalue weighted by atomic mass is 35.5. The van der Waals surface area contributed by atoms with Gasteiger partial charge in [-0.15, -0.1) is 0 Å². The van der Waals surface area contributed by atoms with Gasteiger partial charge in [-0.05, 0) is 30.2 Å². The van der Waals surface area contributed by atoms with E-state index >= 15 is 0 Å². The van der Waals surface area contributed by atoms with Crippen LogP contribution >= 0.6 is 11.6 Å². The van der Waals surface area contributed by atoms with Crippen molar-refractivity contribution in [1.29, 1.82) is 0 Å². The monoisotopic (exact) mass is 247 g/mol. The lowest BCUT2D eigenvalue weighted by molar-refractivity contribution is 1.14. The molecule has 0 radical (unpaired) electrons. The molecule has 0 aliphatic carbocycles. The molecule has 1 aromatic carbocycles. The van der Waals surface area contributed by atoms with Crippen molar-refractivity contribution in [3.05, 3.63) is 47.1 Å². The van der Waals surface area contributed by atoms with Gasteiger partial charge in [0.1, 0.15) is 11.0 Å². The third-order valence-corrected chi connectivity index (χ3v) is 2.62. The van der Waals surface area contributed by atoms with Crippen LogP contribution in [0.4, 0.5) is 17.2 Å². The SMILES string of the molecule is CCc1cccc(Nc2cc(N)cc(Cl)n2)c1. The van der Waals surface area contributed by atoms with Gasteiger partial charge in [-0.1, -0.05) is 30.7 Å². The van der Waals surface area contributed by atoms with Crippen molar-refractivity contribution < 1.29 is 0 Å². The highest BCUT2D eigenvalue weighted by Crippen LogP contribution is 2.20. The average Bonchev–Trinajstić information content (AvgIpc) is 2.28. The zero-order valence-electron chi connectivity index (χ0n) is 9.57. The fourth-order valence-corrected chi connectivity index (χ4v) is 1.81. The predicted molar refractivity (Wildman–Crippen MR) is 72.8 cm³/mol. The molecule has 0 amide bonds. The molecule has 0 fully saturated rings. The van der Waals surface area contributed by atoms with E-state index in [0.29, 0.717) is 16.7 Å². The largest absolute Gasteiger partial charge is 0.399 e. The number of rotatable bonds is 3. The average molecular weight is 248 g/mol. The summed E-state index contributed by atoms with van der Waals surface area (Å²) in [6, 6.07) is 11.5. The minimum absolute atomic E-state index is 0.388. The first-order valence-electron chi connectivity index (χ1n) is 5.46. The van der Waals surface area contributed by atoms with Crippen molar-refractivity contribution in [3.63, 3.8) is 0 Å². The topological polar surface area (TPSA) is 50.9 Å². The maximum atomic E-state index is 5.84. The Morgan fingerprint density at radius 1 is 1.29 bits per heavy atom. The van der Waals surface area contributed by atoms with Crippen molar-refractivity contribution in [2.24, 2.45) is 0 Å². The van der Waals surface area contributed by atoms with Crippen LogP contribution in [0.3, 0.4) is 0 Å². The van der Waals surface area contributed by atoms with Gasteiger partial charge in [-0.25, -0.2) is 4.98 Å². The Bertz CT molecular complexity index is 506. The number of nitrogens with two attached hydrogens (primary N) is 1. The normalized spacial score (nSPS) is 10.2. The first kappa shape index (κ1) is 11.7. The molecule has 3 nitrogen and oxygen atoms in total. The number of nitrogen functional groups attached to an aromatic ring is 1. The van der Waals surface area contributed by atoms with Crippen LogP contribution in [0.25, 0.3) is 0 Å². The number of aromatic nitrogens is 1. The summed E-state index contributed by atoms with van der Waals surface area (Å²) in [5.41, 5.74) is 8.55. The Kier molecular flexibility index (Phi) is 3.49. The summed E-state index contributed by atoms with van der Waals surface area (Å²) in [6.45, 7) is 2.12. The number of hydrogen-bond donors (Lipinski definition) is 2. The molecule has 0 saturated heterocycles. The summed E-state index contributed by atoms with van der Waals surface area (Å²) in [6.07, 6.45) is 1.00. The van der Waals surface area contributed by atoms with Crippen LogP contribution in [0.5, 0.6) is 0 Å². The van der Waals surface area contributed by atoms with E-state index < -0.39 is 0 Å². The van der Waals surface area contributed by atoms with Crippen LogP contribution in [0, 0.1) is 0 Å². The summed E-state index contributed by atoms with van der Waals surface area (Å²) >= 11 is 5.84. The van der Waals surface area contributed by atoms with E-state index in [1.165, 1.54) is 5.56 Å². The van der Waals surface area contributed by atoms with E-state index in [2.05, 4.69) is 29.4 Å². The molecule has 0 atom stereocenters. The molecule has 3 N–H and O–H groups in total. The fraction of sp³-hybridized carbons (Fsp3) is 0.154. The van der Waals surface area contributed by atoms with Crippen molar-refractivity contribution in [2.45, 2.75) is 13.3 Å². The first-order chi connectivity index (χ1) is 8.17. The Balaban J connectivity index is 2.24. The third kappa shape index (κ3) is 3.11. The minimum atomic E-state index is 0.388. The number of pyridine rings is 1. The minimum Gasteiger partial charge on any atom is -0.399 e. The molecule has 0 aliphatic heterocycles. The number of nitrogens with one attached hydrogen (secondary N) is 1. The second-order valence-electron chi connectivity index (χ2n) is 3.79. The molecule has 2 aromatic rings. The molecule has 0 unspecified atom stereocenters. The van der Waals surface area contributed by atoms with E-state index in [4.69, 9.17) is 17.3 Å². The fourth-order valence-electron chi connectivity index (χ4n) is 1.60. The van der Waals surface area contributed by atoms with Gasteiger partial charge in [-0.2, -0.15) is 0 Å². The van der Waals surface area contributed by atoms with E-state index in [-0.39, 0.29) is 0 Å². The first-order valence-corrected chi connectivity index (χ1v) is 5.84. The summed E-state index contributed by atoms with van der Waals surface area (Å²) < 4.78 is 0. The van der Waals surface area contributed by atoms with Gasteiger partial charge >= 0.3 is 0 Å². The highest BCUT2D eigenvalue weighted by molar-refractivity contribution is 6.29. The van der Waals surface area contributed by atoms with Crippen LogP contribution in [0.1, 0.15) is 12.5 Å². The second kappa shape index (κ2) is 5.06. The van der Waals surface area contributed by atoms with Crippen LogP contribution in [0.15, 0.2) is 36.4 Å². The second-order valence-corrected chi connectivity index (χ2v) is 4.17. The van der Waals surface area contributed by atoms with Gasteiger partial charge in [0.15, 0.2) is 0 Å². The molecule has 0 spiro atoms. The molecule has 4 heteroatoms.